The van der Waals surface area contributed by atoms with E-state index in [2.05, 4.69) is 4.72 Å². The third-order valence-electron chi connectivity index (χ3n) is 3.96. The number of sulfonamides is 1. The van der Waals surface area contributed by atoms with E-state index in [1.807, 2.05) is 0 Å². The predicted octanol–water partition coefficient (Wildman–Crippen LogP) is 1.15. The first kappa shape index (κ1) is 16.7. The second kappa shape index (κ2) is 6.19. The number of hydrogen-bond donors (Lipinski definition) is 2. The van der Waals surface area contributed by atoms with Crippen LogP contribution in [0.1, 0.15) is 25.7 Å². The maximum atomic E-state index is 12.5. The molecule has 1 saturated carbocycles. The highest BCUT2D eigenvalue weighted by Gasteiger charge is 2.37. The van der Waals surface area contributed by atoms with Crippen molar-refractivity contribution in [3.8, 4) is 5.75 Å². The molecule has 22 heavy (non-hydrogen) atoms. The molecule has 1 aromatic rings. The standard InChI is InChI=1S/C13H19N3O5S/c1-21-12-8-10(4-5-11(12)16(17)18)22(19,20)15-13(9-14)6-2-3-7-13/h4-5,8,15H,2-3,6-7,9,14H2,1H3. The summed E-state index contributed by atoms with van der Waals surface area (Å²) in [5.41, 5.74) is 4.82. The zero-order valence-corrected chi connectivity index (χ0v) is 13.1. The van der Waals surface area contributed by atoms with Gasteiger partial charge in [-0.1, -0.05) is 12.8 Å². The number of nitro groups is 1. The number of methoxy groups -OCH3 is 1. The lowest BCUT2D eigenvalue weighted by Crippen LogP contribution is -2.51. The third kappa shape index (κ3) is 3.21. The Labute approximate surface area is 128 Å². The fourth-order valence-corrected chi connectivity index (χ4v) is 4.20. The van der Waals surface area contributed by atoms with Gasteiger partial charge in [-0.3, -0.25) is 10.1 Å². The van der Waals surface area contributed by atoms with Crippen LogP contribution in [0.2, 0.25) is 0 Å². The number of ether oxygens (including phenoxy) is 1. The molecule has 0 aliphatic heterocycles. The van der Waals surface area contributed by atoms with Crippen LogP contribution in [-0.2, 0) is 10.0 Å². The van der Waals surface area contributed by atoms with Crippen LogP contribution in [0.4, 0.5) is 5.69 Å². The molecule has 122 valence electrons. The summed E-state index contributed by atoms with van der Waals surface area (Å²) < 4.78 is 32.6. The molecule has 0 amide bonds. The fourth-order valence-electron chi connectivity index (χ4n) is 2.72. The normalized spacial score (nSPS) is 17.4. The highest BCUT2D eigenvalue weighted by atomic mass is 32.2. The number of nitrogens with one attached hydrogen (secondary N) is 1. The van der Waals surface area contributed by atoms with E-state index in [-0.39, 0.29) is 22.9 Å². The number of rotatable bonds is 6. The molecule has 0 spiro atoms. The summed E-state index contributed by atoms with van der Waals surface area (Å²) in [6.07, 6.45) is 3.21. The zero-order chi connectivity index (χ0) is 16.4. The van der Waals surface area contributed by atoms with Crippen molar-refractivity contribution in [2.24, 2.45) is 5.73 Å². The van der Waals surface area contributed by atoms with Gasteiger partial charge < -0.3 is 10.5 Å². The van der Waals surface area contributed by atoms with E-state index in [0.29, 0.717) is 12.8 Å². The second-order valence-electron chi connectivity index (χ2n) is 5.39. The predicted molar refractivity (Wildman–Crippen MR) is 80.2 cm³/mol. The van der Waals surface area contributed by atoms with E-state index in [9.17, 15) is 18.5 Å². The molecule has 1 aliphatic rings. The van der Waals surface area contributed by atoms with Crippen LogP contribution in [-0.4, -0.2) is 32.5 Å². The Morgan fingerprint density at radius 3 is 2.55 bits per heavy atom. The molecule has 0 heterocycles. The fraction of sp³-hybridized carbons (Fsp3) is 0.538. The Balaban J connectivity index is 2.35. The van der Waals surface area contributed by atoms with Gasteiger partial charge in [0, 0.05) is 24.2 Å². The van der Waals surface area contributed by atoms with Crippen LogP contribution in [0.25, 0.3) is 0 Å². The lowest BCUT2D eigenvalue weighted by atomic mass is 10.0. The van der Waals surface area contributed by atoms with E-state index < -0.39 is 20.5 Å². The van der Waals surface area contributed by atoms with Gasteiger partial charge in [0.1, 0.15) is 0 Å². The molecular weight excluding hydrogens is 310 g/mol. The quantitative estimate of drug-likeness (QED) is 0.596. The van der Waals surface area contributed by atoms with E-state index in [1.54, 1.807) is 0 Å². The molecule has 1 fully saturated rings. The lowest BCUT2D eigenvalue weighted by molar-refractivity contribution is -0.385. The Bertz CT molecular complexity index is 668. The Hall–Kier alpha value is -1.71. The largest absolute Gasteiger partial charge is 0.490 e. The Morgan fingerprint density at radius 1 is 1.41 bits per heavy atom. The molecule has 1 aliphatic carbocycles. The van der Waals surface area contributed by atoms with Gasteiger partial charge in [-0.05, 0) is 18.9 Å². The summed E-state index contributed by atoms with van der Waals surface area (Å²) in [7, 11) is -2.57. The maximum Gasteiger partial charge on any atom is 0.310 e. The van der Waals surface area contributed by atoms with Crippen LogP contribution < -0.4 is 15.2 Å². The topological polar surface area (TPSA) is 125 Å². The summed E-state index contributed by atoms with van der Waals surface area (Å²) in [5.74, 6) is -0.0962. The molecule has 0 atom stereocenters. The minimum Gasteiger partial charge on any atom is -0.490 e. The van der Waals surface area contributed by atoms with Gasteiger partial charge in [0.2, 0.25) is 10.0 Å². The first-order valence-corrected chi connectivity index (χ1v) is 8.38. The van der Waals surface area contributed by atoms with Crippen molar-refractivity contribution in [2.45, 2.75) is 36.1 Å². The van der Waals surface area contributed by atoms with Crippen LogP contribution in [0.3, 0.4) is 0 Å². The summed E-state index contributed by atoms with van der Waals surface area (Å²) in [4.78, 5) is 10.2. The maximum absolute atomic E-state index is 12.5. The second-order valence-corrected chi connectivity index (χ2v) is 7.07. The summed E-state index contributed by atoms with van der Waals surface area (Å²) in [6.45, 7) is 0.219. The van der Waals surface area contributed by atoms with Crippen molar-refractivity contribution in [2.75, 3.05) is 13.7 Å². The molecule has 1 aromatic carbocycles. The van der Waals surface area contributed by atoms with Crippen LogP contribution in [0.15, 0.2) is 23.1 Å². The molecule has 2 rings (SSSR count). The molecule has 0 saturated heterocycles. The number of benzene rings is 1. The van der Waals surface area contributed by atoms with Crippen molar-refractivity contribution in [1.29, 1.82) is 0 Å². The molecule has 0 bridgehead atoms. The van der Waals surface area contributed by atoms with Crippen molar-refractivity contribution >= 4 is 15.7 Å². The number of nitro benzene ring substituents is 1. The Morgan fingerprint density at radius 2 is 2.05 bits per heavy atom. The highest BCUT2D eigenvalue weighted by Crippen LogP contribution is 2.33. The number of hydrogen-bond acceptors (Lipinski definition) is 6. The summed E-state index contributed by atoms with van der Waals surface area (Å²) >= 11 is 0. The molecule has 0 radical (unpaired) electrons. The molecular formula is C13H19N3O5S. The average Bonchev–Trinajstić information content (AvgIpc) is 2.94. The van der Waals surface area contributed by atoms with Crippen LogP contribution in [0.5, 0.6) is 5.75 Å². The first-order chi connectivity index (χ1) is 10.3. The van der Waals surface area contributed by atoms with Gasteiger partial charge in [-0.25, -0.2) is 13.1 Å². The SMILES string of the molecule is COc1cc(S(=O)(=O)NC2(CN)CCCC2)ccc1[N+](=O)[O-]. The van der Waals surface area contributed by atoms with Gasteiger partial charge in [-0.15, -0.1) is 0 Å². The van der Waals surface area contributed by atoms with Gasteiger partial charge in [0.25, 0.3) is 0 Å². The van der Waals surface area contributed by atoms with Gasteiger partial charge in [-0.2, -0.15) is 0 Å². The first-order valence-electron chi connectivity index (χ1n) is 6.90. The van der Waals surface area contributed by atoms with E-state index in [0.717, 1.165) is 25.0 Å². The van der Waals surface area contributed by atoms with Crippen molar-refractivity contribution in [3.63, 3.8) is 0 Å². The summed E-state index contributed by atoms with van der Waals surface area (Å²) in [5, 5.41) is 10.9. The van der Waals surface area contributed by atoms with Crippen molar-refractivity contribution < 1.29 is 18.1 Å². The molecule has 0 aromatic heterocycles. The van der Waals surface area contributed by atoms with Gasteiger partial charge in [0.05, 0.1) is 16.9 Å². The van der Waals surface area contributed by atoms with Crippen molar-refractivity contribution in [1.82, 2.24) is 4.72 Å². The number of nitrogens with zero attached hydrogens (tertiary/aromatic N) is 1. The molecule has 9 heteroatoms. The minimum absolute atomic E-state index is 0.0744. The lowest BCUT2D eigenvalue weighted by Gasteiger charge is -2.28. The molecule has 3 N–H and O–H groups in total. The van der Waals surface area contributed by atoms with Crippen LogP contribution >= 0.6 is 0 Å². The third-order valence-corrected chi connectivity index (χ3v) is 5.54. The molecule has 0 unspecified atom stereocenters. The molecule has 8 nitrogen and oxygen atoms in total. The van der Waals surface area contributed by atoms with Crippen LogP contribution in [0, 0.1) is 10.1 Å². The van der Waals surface area contributed by atoms with E-state index >= 15 is 0 Å². The zero-order valence-electron chi connectivity index (χ0n) is 12.2. The smallest absolute Gasteiger partial charge is 0.310 e. The number of nitrogens with two attached hydrogens (primary N) is 1. The van der Waals surface area contributed by atoms with Gasteiger partial charge >= 0.3 is 5.69 Å². The van der Waals surface area contributed by atoms with Crippen molar-refractivity contribution in [3.05, 3.63) is 28.3 Å². The Kier molecular flexibility index (Phi) is 4.69. The average molecular weight is 329 g/mol. The minimum atomic E-state index is -3.82. The summed E-state index contributed by atoms with van der Waals surface area (Å²) in [6, 6.07) is 3.47. The van der Waals surface area contributed by atoms with E-state index in [1.165, 1.54) is 13.2 Å². The van der Waals surface area contributed by atoms with E-state index in [4.69, 9.17) is 10.5 Å². The monoisotopic (exact) mass is 329 g/mol. The highest BCUT2D eigenvalue weighted by molar-refractivity contribution is 7.89. The van der Waals surface area contributed by atoms with Gasteiger partial charge in [0.15, 0.2) is 5.75 Å².